The largest absolute Gasteiger partial charge is 0.465 e. The number of aliphatic hydroxyl groups is 1. The van der Waals surface area contributed by atoms with E-state index in [1.165, 1.54) is 26.0 Å². The van der Waals surface area contributed by atoms with Crippen LogP contribution in [-0.4, -0.2) is 40.2 Å². The molecule has 3 N–H and O–H groups in total. The maximum Gasteiger partial charge on any atom is 0.425 e. The van der Waals surface area contributed by atoms with Gasteiger partial charge in [-0.1, -0.05) is 0 Å². The van der Waals surface area contributed by atoms with Gasteiger partial charge in [0, 0.05) is 11.6 Å². The number of alkyl carbamates (subject to hydrolysis) is 1. The normalized spacial score (nSPS) is 12.9. The Kier molecular flexibility index (Phi) is 7.16. The van der Waals surface area contributed by atoms with Crippen LogP contribution < -0.4 is 15.4 Å². The van der Waals surface area contributed by atoms with Crippen molar-refractivity contribution < 1.29 is 32.5 Å². The first-order valence-corrected chi connectivity index (χ1v) is 7.97. The van der Waals surface area contributed by atoms with E-state index in [2.05, 4.69) is 20.4 Å². The first kappa shape index (κ1) is 21.9. The van der Waals surface area contributed by atoms with Crippen molar-refractivity contribution in [3.05, 3.63) is 17.7 Å². The molecule has 0 saturated carbocycles. The molecule has 0 fully saturated rings. The van der Waals surface area contributed by atoms with Crippen molar-refractivity contribution in [2.75, 3.05) is 11.9 Å². The third-order valence-electron chi connectivity index (χ3n) is 3.01. The van der Waals surface area contributed by atoms with Gasteiger partial charge < -0.3 is 19.9 Å². The summed E-state index contributed by atoms with van der Waals surface area (Å²) >= 11 is 4.93. The molecule has 146 valence electrons. The molecule has 11 heteroatoms. The van der Waals surface area contributed by atoms with Crippen LogP contribution in [0.4, 0.5) is 23.8 Å². The van der Waals surface area contributed by atoms with Crippen molar-refractivity contribution in [3.8, 4) is 5.88 Å². The Morgan fingerprint density at radius 1 is 1.38 bits per heavy atom. The molecule has 0 unspecified atom stereocenters. The summed E-state index contributed by atoms with van der Waals surface area (Å²) in [5, 5.41) is 14.7. The number of anilines is 1. The highest BCUT2D eigenvalue weighted by molar-refractivity contribution is 7.80. The third-order valence-corrected chi connectivity index (χ3v) is 3.21. The van der Waals surface area contributed by atoms with E-state index in [4.69, 9.17) is 17.0 Å². The van der Waals surface area contributed by atoms with Crippen LogP contribution in [0.3, 0.4) is 0 Å². The molecule has 1 amide bonds. The van der Waals surface area contributed by atoms with Crippen LogP contribution in [0.1, 0.15) is 33.3 Å². The number of rotatable bonds is 5. The van der Waals surface area contributed by atoms with E-state index >= 15 is 0 Å². The number of hydrogen-bond donors (Lipinski definition) is 3. The second-order valence-electron chi connectivity index (χ2n) is 5.71. The molecule has 0 aliphatic heterocycles. The van der Waals surface area contributed by atoms with Gasteiger partial charge in [-0.2, -0.15) is 18.2 Å². The minimum atomic E-state index is -4.56. The van der Waals surface area contributed by atoms with Gasteiger partial charge >= 0.3 is 12.3 Å². The summed E-state index contributed by atoms with van der Waals surface area (Å²) < 4.78 is 47.4. The van der Waals surface area contributed by atoms with Gasteiger partial charge in [0.2, 0.25) is 5.88 Å². The van der Waals surface area contributed by atoms with Crippen molar-refractivity contribution in [3.63, 3.8) is 0 Å². The van der Waals surface area contributed by atoms with E-state index in [0.717, 1.165) is 6.92 Å². The molecule has 0 saturated heterocycles. The molecule has 1 aromatic heterocycles. The number of alkyl halides is 3. The Balaban J connectivity index is 3.07. The smallest absolute Gasteiger partial charge is 0.425 e. The van der Waals surface area contributed by atoms with Crippen molar-refractivity contribution in [1.82, 2.24) is 10.3 Å². The number of thiocarbonyl (C=S) groups is 1. The number of nitrogens with zero attached hydrogens (tertiary/aromatic N) is 1. The van der Waals surface area contributed by atoms with Crippen molar-refractivity contribution >= 4 is 29.2 Å². The topological polar surface area (TPSA) is 92.7 Å². The number of pyridine rings is 1. The van der Waals surface area contributed by atoms with Gasteiger partial charge in [0.25, 0.3) is 0 Å². The molecular formula is C15H20F3N3O4S. The fourth-order valence-corrected chi connectivity index (χ4v) is 1.92. The number of amides is 1. The highest BCUT2D eigenvalue weighted by atomic mass is 32.1. The van der Waals surface area contributed by atoms with Crippen molar-refractivity contribution in [1.29, 1.82) is 0 Å². The summed E-state index contributed by atoms with van der Waals surface area (Å²) in [5.41, 5.74) is -1.15. The van der Waals surface area contributed by atoms with Crippen LogP contribution in [0.2, 0.25) is 0 Å². The summed E-state index contributed by atoms with van der Waals surface area (Å²) in [6, 6.07) is 2.54. The van der Waals surface area contributed by atoms with E-state index in [-0.39, 0.29) is 29.0 Å². The zero-order valence-electron chi connectivity index (χ0n) is 14.6. The lowest BCUT2D eigenvalue weighted by atomic mass is 9.99. The van der Waals surface area contributed by atoms with Crippen LogP contribution >= 0.6 is 12.2 Å². The second-order valence-corrected chi connectivity index (χ2v) is 6.11. The fraction of sp³-hybridized carbons (Fsp3) is 0.533. The molecule has 1 aromatic rings. The lowest BCUT2D eigenvalue weighted by Crippen LogP contribution is -2.36. The van der Waals surface area contributed by atoms with E-state index in [1.807, 2.05) is 0 Å². The maximum absolute atomic E-state index is 12.6. The first-order chi connectivity index (χ1) is 11.8. The fourth-order valence-electron chi connectivity index (χ4n) is 1.74. The lowest BCUT2D eigenvalue weighted by Gasteiger charge is -2.23. The number of ether oxygens (including phenoxy) is 2. The van der Waals surface area contributed by atoms with E-state index in [0.29, 0.717) is 0 Å². The van der Waals surface area contributed by atoms with Crippen LogP contribution in [0.15, 0.2) is 12.1 Å². The standard InChI is InChI=1S/C15H20F3N3O4S/c1-5-24-13(22)21-12(26)20-11-9(14(3,4)23)6-7-10(19-11)25-8(2)15(16,17)18/h6-8,23H,5H2,1-4H3,(H2,19,20,21,22,26)/t8-/m0/s1. The molecule has 1 heterocycles. The van der Waals surface area contributed by atoms with Gasteiger partial charge in [-0.3, -0.25) is 5.32 Å². The predicted octanol–water partition coefficient (Wildman–Crippen LogP) is 3.08. The summed E-state index contributed by atoms with van der Waals surface area (Å²) in [6.07, 6.45) is -7.46. The van der Waals surface area contributed by atoms with Gasteiger partial charge in [-0.05, 0) is 46.0 Å². The molecule has 0 aromatic carbocycles. The number of carbonyl (C=O) groups excluding carboxylic acids is 1. The van der Waals surface area contributed by atoms with Crippen LogP contribution in [0.25, 0.3) is 0 Å². The van der Waals surface area contributed by atoms with Gasteiger partial charge in [0.05, 0.1) is 12.2 Å². The number of halogens is 3. The molecule has 0 spiro atoms. The number of aromatic nitrogens is 1. The highest BCUT2D eigenvalue weighted by Gasteiger charge is 2.38. The molecule has 7 nitrogen and oxygen atoms in total. The zero-order valence-corrected chi connectivity index (χ0v) is 15.4. The number of carbonyl (C=O) groups is 1. The van der Waals surface area contributed by atoms with Crippen LogP contribution in [0.5, 0.6) is 5.88 Å². The molecular weight excluding hydrogens is 375 g/mol. The average molecular weight is 395 g/mol. The van der Waals surface area contributed by atoms with Gasteiger partial charge in [-0.25, -0.2) is 4.79 Å². The molecule has 1 rings (SSSR count). The number of hydrogen-bond acceptors (Lipinski definition) is 6. The monoisotopic (exact) mass is 395 g/mol. The number of nitrogens with one attached hydrogen (secondary N) is 2. The van der Waals surface area contributed by atoms with Gasteiger partial charge in [0.1, 0.15) is 5.82 Å². The minimum Gasteiger partial charge on any atom is -0.465 e. The molecule has 26 heavy (non-hydrogen) atoms. The first-order valence-electron chi connectivity index (χ1n) is 7.56. The van der Waals surface area contributed by atoms with E-state index < -0.39 is 24.0 Å². The van der Waals surface area contributed by atoms with E-state index in [9.17, 15) is 23.1 Å². The van der Waals surface area contributed by atoms with Gasteiger partial charge in [0.15, 0.2) is 11.2 Å². The quantitative estimate of drug-likeness (QED) is 0.660. The molecule has 0 aliphatic rings. The summed E-state index contributed by atoms with van der Waals surface area (Å²) in [7, 11) is 0. The Hall–Kier alpha value is -2.14. The average Bonchev–Trinajstić information content (AvgIpc) is 2.45. The van der Waals surface area contributed by atoms with Crippen molar-refractivity contribution in [2.24, 2.45) is 0 Å². The SMILES string of the molecule is CCOC(=O)NC(=S)Nc1nc(O[C@@H](C)C(F)(F)F)ccc1C(C)(C)O. The van der Waals surface area contributed by atoms with Crippen LogP contribution in [-0.2, 0) is 10.3 Å². The summed E-state index contributed by atoms with van der Waals surface area (Å²) in [6.45, 7) is 5.48. The Bertz CT molecular complexity index is 663. The van der Waals surface area contributed by atoms with E-state index in [1.54, 1.807) is 6.92 Å². The molecule has 1 atom stereocenters. The summed E-state index contributed by atoms with van der Waals surface area (Å²) in [4.78, 5) is 15.3. The molecule has 0 radical (unpaired) electrons. The highest BCUT2D eigenvalue weighted by Crippen LogP contribution is 2.30. The Morgan fingerprint density at radius 3 is 2.50 bits per heavy atom. The maximum atomic E-state index is 12.6. The van der Waals surface area contributed by atoms with Crippen LogP contribution in [0, 0.1) is 0 Å². The summed E-state index contributed by atoms with van der Waals surface area (Å²) in [5.74, 6) is -0.393. The molecule has 0 aliphatic carbocycles. The lowest BCUT2D eigenvalue weighted by molar-refractivity contribution is -0.189. The second kappa shape index (κ2) is 8.49. The predicted molar refractivity (Wildman–Crippen MR) is 92.0 cm³/mol. The third kappa shape index (κ3) is 6.64. The minimum absolute atomic E-state index is 0.0637. The van der Waals surface area contributed by atoms with Crippen molar-refractivity contribution in [2.45, 2.75) is 45.6 Å². The Labute approximate surface area is 153 Å². The molecule has 0 bridgehead atoms. The van der Waals surface area contributed by atoms with Gasteiger partial charge in [-0.15, -0.1) is 0 Å². The zero-order chi connectivity index (χ0) is 20.1. The Morgan fingerprint density at radius 2 is 2.00 bits per heavy atom.